The maximum absolute atomic E-state index is 12.2. The number of rotatable bonds is 2. The number of hydrogen-bond donors (Lipinski definition) is 0. The zero-order valence-electron chi connectivity index (χ0n) is 7.99. The summed E-state index contributed by atoms with van der Waals surface area (Å²) in [6, 6.07) is 0. The Kier molecular flexibility index (Phi) is 4.17. The molecule has 0 heterocycles. The normalized spacial score (nSPS) is 14.5. The van der Waals surface area contributed by atoms with Gasteiger partial charge in [0.2, 0.25) is 0 Å². The van der Waals surface area contributed by atoms with E-state index in [2.05, 4.69) is 9.08 Å². The summed E-state index contributed by atoms with van der Waals surface area (Å²) in [4.78, 5) is 0. The molecule has 76 valence electrons. The van der Waals surface area contributed by atoms with Crippen LogP contribution in [-0.2, 0) is 4.43 Å². The van der Waals surface area contributed by atoms with Gasteiger partial charge in [0.15, 0.2) is 8.24 Å². The molecule has 0 saturated carbocycles. The van der Waals surface area contributed by atoms with Gasteiger partial charge < -0.3 is 4.43 Å². The van der Waals surface area contributed by atoms with Crippen molar-refractivity contribution in [3.05, 3.63) is 0 Å². The molecule has 0 rings (SSSR count). The van der Waals surface area contributed by atoms with Crippen molar-refractivity contribution in [1.82, 2.24) is 0 Å². The van der Waals surface area contributed by atoms with E-state index in [-0.39, 0.29) is 9.76 Å². The van der Waals surface area contributed by atoms with Gasteiger partial charge in [-0.05, 0) is 26.2 Å². The molecule has 2 radical (unpaired) electrons. The Hall–Kier alpha value is -0.306. The Bertz CT molecular complexity index is 197. The third-order valence-electron chi connectivity index (χ3n) is 0.878. The van der Waals surface area contributed by atoms with Crippen molar-refractivity contribution in [3.8, 4) is 0 Å². The lowest BCUT2D eigenvalue weighted by Gasteiger charge is -2.16. The van der Waals surface area contributed by atoms with Gasteiger partial charge in [-0.1, -0.05) is 0 Å². The average Bonchev–Trinajstić information content (AvgIpc) is 1.81. The molecule has 0 amide bonds. The molecule has 0 aliphatic heterocycles. The quantitative estimate of drug-likeness (QED) is 0.403. The second-order valence-corrected chi connectivity index (χ2v) is 8.57. The van der Waals surface area contributed by atoms with E-state index in [0.717, 1.165) is 0 Å². The lowest BCUT2D eigenvalue weighted by Crippen LogP contribution is -2.32. The monoisotopic (exact) mass is 227 g/mol. The van der Waals surface area contributed by atoms with E-state index >= 15 is 0 Å². The average molecular weight is 227 g/mol. The maximum Gasteiger partial charge on any atom is 0.465 e. The van der Waals surface area contributed by atoms with E-state index in [1.165, 1.54) is 6.55 Å². The lowest BCUT2D eigenvalue weighted by atomic mass is 10.7. The predicted molar refractivity (Wildman–Crippen MR) is 49.5 cm³/mol. The largest absolute Gasteiger partial charge is 0.526 e. The van der Waals surface area contributed by atoms with Gasteiger partial charge in [-0.3, -0.25) is 4.66 Å². The molecule has 0 N–H and O–H groups in total. The standard InChI is InChI=1S/C6H12F3NOSi2/c1-12-11-5(6(7,8)9)10-13(2,3)4/h1-4H3. The first kappa shape index (κ1) is 12.7. The number of alkyl halides is 3. The molecule has 0 unspecified atom stereocenters. The predicted octanol–water partition coefficient (Wildman–Crippen LogP) is 2.47. The summed E-state index contributed by atoms with van der Waals surface area (Å²) in [5, 5.41) is 0. The van der Waals surface area contributed by atoms with Crippen LogP contribution in [0.15, 0.2) is 4.66 Å². The van der Waals surface area contributed by atoms with Gasteiger partial charge in [-0.2, -0.15) is 13.2 Å². The zero-order valence-corrected chi connectivity index (χ0v) is 9.99. The van der Waals surface area contributed by atoms with E-state index in [9.17, 15) is 13.2 Å². The van der Waals surface area contributed by atoms with Gasteiger partial charge in [0, 0.05) is 0 Å². The number of nitrogens with zero attached hydrogens (tertiary/aromatic N) is 1. The molecule has 0 aromatic carbocycles. The summed E-state index contributed by atoms with van der Waals surface area (Å²) in [6.07, 6.45) is -4.46. The van der Waals surface area contributed by atoms with Crippen LogP contribution in [0, 0.1) is 0 Å². The first-order chi connectivity index (χ1) is 5.67. The molecule has 0 atom stereocenters. The van der Waals surface area contributed by atoms with Crippen molar-refractivity contribution in [1.29, 1.82) is 0 Å². The van der Waals surface area contributed by atoms with Crippen LogP contribution in [0.3, 0.4) is 0 Å². The van der Waals surface area contributed by atoms with Crippen LogP contribution in [0.5, 0.6) is 0 Å². The van der Waals surface area contributed by atoms with Crippen LogP contribution in [0.25, 0.3) is 0 Å². The van der Waals surface area contributed by atoms with Crippen LogP contribution in [0.2, 0.25) is 26.2 Å². The number of halogens is 3. The van der Waals surface area contributed by atoms with Crippen LogP contribution < -0.4 is 0 Å². The Morgan fingerprint density at radius 1 is 1.31 bits per heavy atom. The molecule has 0 fully saturated rings. The minimum absolute atomic E-state index is 0.231. The van der Waals surface area contributed by atoms with Crippen molar-refractivity contribution < 1.29 is 17.6 Å². The highest BCUT2D eigenvalue weighted by Crippen LogP contribution is 2.20. The van der Waals surface area contributed by atoms with Crippen molar-refractivity contribution in [3.63, 3.8) is 0 Å². The summed E-state index contributed by atoms with van der Waals surface area (Å²) in [7, 11) is -2.35. The Morgan fingerprint density at radius 2 is 1.77 bits per heavy atom. The summed E-state index contributed by atoms with van der Waals surface area (Å²) in [5.74, 6) is -1.08. The Labute approximate surface area is 79.2 Å². The van der Waals surface area contributed by atoms with E-state index in [4.69, 9.17) is 0 Å². The number of hydrogen-bond acceptors (Lipinski definition) is 2. The lowest BCUT2D eigenvalue weighted by molar-refractivity contribution is -0.0706. The Morgan fingerprint density at radius 3 is 2.00 bits per heavy atom. The van der Waals surface area contributed by atoms with E-state index < -0.39 is 20.3 Å². The highest BCUT2D eigenvalue weighted by Gasteiger charge is 2.38. The third kappa shape index (κ3) is 5.86. The molecule has 0 bridgehead atoms. The smallest absolute Gasteiger partial charge is 0.465 e. The van der Waals surface area contributed by atoms with Gasteiger partial charge in [0.05, 0.1) is 0 Å². The van der Waals surface area contributed by atoms with Gasteiger partial charge in [-0.15, -0.1) is 0 Å². The molecule has 0 aliphatic rings. The molecule has 13 heavy (non-hydrogen) atoms. The van der Waals surface area contributed by atoms with E-state index in [0.29, 0.717) is 0 Å². The van der Waals surface area contributed by atoms with Crippen LogP contribution >= 0.6 is 0 Å². The first-order valence-electron chi connectivity index (χ1n) is 3.67. The van der Waals surface area contributed by atoms with Gasteiger partial charge in [0.1, 0.15) is 0 Å². The van der Waals surface area contributed by atoms with Crippen molar-refractivity contribution in [2.45, 2.75) is 32.4 Å². The van der Waals surface area contributed by atoms with Crippen molar-refractivity contribution in [2.75, 3.05) is 0 Å². The highest BCUT2D eigenvalue weighted by molar-refractivity contribution is 6.75. The second-order valence-electron chi connectivity index (χ2n) is 3.39. The fraction of sp³-hybridized carbons (Fsp3) is 0.833. The van der Waals surface area contributed by atoms with Crippen molar-refractivity contribution >= 4 is 23.9 Å². The Balaban J connectivity index is 4.71. The second kappa shape index (κ2) is 4.27. The summed E-state index contributed by atoms with van der Waals surface area (Å²) in [6.45, 7) is 6.70. The van der Waals surface area contributed by atoms with Crippen molar-refractivity contribution in [2.24, 2.45) is 4.66 Å². The maximum atomic E-state index is 12.2. The highest BCUT2D eigenvalue weighted by atomic mass is 28.3. The SMILES string of the molecule is C[Si]OC(=N[Si](C)(C)C)C(F)(F)F. The van der Waals surface area contributed by atoms with Gasteiger partial charge in [0.25, 0.3) is 5.90 Å². The van der Waals surface area contributed by atoms with Crippen LogP contribution in [0.1, 0.15) is 0 Å². The summed E-state index contributed by atoms with van der Waals surface area (Å²) >= 11 is 0. The minimum Gasteiger partial charge on any atom is -0.526 e. The first-order valence-corrected chi connectivity index (χ1v) is 8.53. The molecular formula is C6H12F3NOSi2. The van der Waals surface area contributed by atoms with Gasteiger partial charge in [-0.25, -0.2) is 0 Å². The molecule has 0 spiro atoms. The molecule has 0 aromatic heterocycles. The van der Waals surface area contributed by atoms with Gasteiger partial charge >= 0.3 is 15.9 Å². The zero-order chi connectivity index (χ0) is 10.7. The van der Waals surface area contributed by atoms with Crippen LogP contribution in [0.4, 0.5) is 13.2 Å². The topological polar surface area (TPSA) is 21.6 Å². The molecule has 2 nitrogen and oxygen atoms in total. The van der Waals surface area contributed by atoms with Crippen LogP contribution in [-0.4, -0.2) is 30.1 Å². The molecule has 0 saturated heterocycles. The fourth-order valence-electron chi connectivity index (χ4n) is 0.545. The third-order valence-corrected chi connectivity index (χ3v) is 2.15. The van der Waals surface area contributed by atoms with E-state index in [1.54, 1.807) is 19.6 Å². The molecular weight excluding hydrogens is 215 g/mol. The summed E-state index contributed by atoms with van der Waals surface area (Å²) < 4.78 is 44.7. The fourth-order valence-corrected chi connectivity index (χ4v) is 1.77. The molecule has 0 aromatic rings. The molecule has 0 aliphatic carbocycles. The molecule has 7 heteroatoms. The minimum atomic E-state index is -4.46. The summed E-state index contributed by atoms with van der Waals surface area (Å²) in [5.41, 5.74) is 0. The van der Waals surface area contributed by atoms with E-state index in [1.807, 2.05) is 0 Å².